The molecule has 0 unspecified atom stereocenters. The van der Waals surface area contributed by atoms with Gasteiger partial charge in [-0.1, -0.05) is 66.6 Å². The van der Waals surface area contributed by atoms with Gasteiger partial charge in [0.15, 0.2) is 0 Å². The first-order valence-corrected chi connectivity index (χ1v) is 9.93. The van der Waals surface area contributed by atoms with Gasteiger partial charge in [0.2, 0.25) is 0 Å². The molecule has 1 aliphatic heterocycles. The molecule has 4 heteroatoms. The quantitative estimate of drug-likeness (QED) is 0.750. The number of aliphatic hydroxyl groups is 2. The lowest BCUT2D eigenvalue weighted by Gasteiger charge is -2.36. The minimum absolute atomic E-state index is 0.156. The highest BCUT2D eigenvalue weighted by Gasteiger charge is 2.24. The van der Waals surface area contributed by atoms with E-state index in [2.05, 4.69) is 48.2 Å². The van der Waals surface area contributed by atoms with Gasteiger partial charge >= 0.3 is 0 Å². The van der Waals surface area contributed by atoms with Crippen molar-refractivity contribution in [3.63, 3.8) is 0 Å². The van der Waals surface area contributed by atoms with Gasteiger partial charge in [0.05, 0.1) is 19.3 Å². The Morgan fingerprint density at radius 3 is 2.44 bits per heavy atom. The highest BCUT2D eigenvalue weighted by Crippen LogP contribution is 2.26. The van der Waals surface area contributed by atoms with Crippen LogP contribution in [0.5, 0.6) is 0 Å². The number of hydrogen-bond donors (Lipinski definition) is 2. The van der Waals surface area contributed by atoms with Gasteiger partial charge in [-0.15, -0.1) is 0 Å². The van der Waals surface area contributed by atoms with Crippen LogP contribution in [0.1, 0.15) is 42.1 Å². The number of nitrogens with zero attached hydrogens (tertiary/aromatic N) is 1. The van der Waals surface area contributed by atoms with Crippen LogP contribution in [0.3, 0.4) is 0 Å². The molecule has 2 aromatic carbocycles. The third-order valence-corrected chi connectivity index (χ3v) is 5.34. The number of aryl methyl sites for hydroxylation is 1. The van der Waals surface area contributed by atoms with E-state index in [9.17, 15) is 10.2 Å². The summed E-state index contributed by atoms with van der Waals surface area (Å²) in [5.74, 6) is 0. The Balaban J connectivity index is 1.64. The first kappa shape index (κ1) is 20.0. The summed E-state index contributed by atoms with van der Waals surface area (Å²) in [5.41, 5.74) is 3.38. The van der Waals surface area contributed by atoms with Gasteiger partial charge in [-0.3, -0.25) is 4.90 Å². The fourth-order valence-electron chi connectivity index (χ4n) is 3.79. The van der Waals surface area contributed by atoms with Crippen LogP contribution in [0.2, 0.25) is 0 Å². The van der Waals surface area contributed by atoms with E-state index >= 15 is 0 Å². The molecule has 0 aliphatic carbocycles. The molecule has 1 saturated heterocycles. The number of rotatable bonds is 8. The van der Waals surface area contributed by atoms with Crippen LogP contribution in [-0.4, -0.2) is 53.6 Å². The predicted octanol–water partition coefficient (Wildman–Crippen LogP) is 3.31. The Morgan fingerprint density at radius 1 is 1.04 bits per heavy atom. The monoisotopic (exact) mass is 369 g/mol. The normalized spacial score (nSPS) is 20.3. The van der Waals surface area contributed by atoms with Gasteiger partial charge in [0.25, 0.3) is 0 Å². The van der Waals surface area contributed by atoms with Crippen LogP contribution in [0.15, 0.2) is 54.6 Å². The zero-order valence-electron chi connectivity index (χ0n) is 16.1. The van der Waals surface area contributed by atoms with Crippen molar-refractivity contribution >= 4 is 0 Å². The van der Waals surface area contributed by atoms with E-state index in [1.165, 1.54) is 5.56 Å². The maximum atomic E-state index is 10.6. The van der Waals surface area contributed by atoms with Gasteiger partial charge in [0, 0.05) is 12.6 Å². The molecule has 3 rings (SSSR count). The molecule has 1 heterocycles. The van der Waals surface area contributed by atoms with E-state index in [1.807, 2.05) is 18.2 Å². The third kappa shape index (κ3) is 5.63. The fraction of sp³-hybridized carbons (Fsp3) is 0.478. The van der Waals surface area contributed by atoms with Crippen molar-refractivity contribution in [1.29, 1.82) is 0 Å². The van der Waals surface area contributed by atoms with E-state index in [0.29, 0.717) is 6.54 Å². The number of piperidine rings is 1. The lowest BCUT2D eigenvalue weighted by Crippen LogP contribution is -2.46. The van der Waals surface area contributed by atoms with Crippen molar-refractivity contribution in [2.75, 3.05) is 26.3 Å². The molecule has 4 nitrogen and oxygen atoms in total. The maximum absolute atomic E-state index is 10.6. The molecule has 27 heavy (non-hydrogen) atoms. The lowest BCUT2D eigenvalue weighted by molar-refractivity contribution is -0.0236. The topological polar surface area (TPSA) is 52.9 Å². The lowest BCUT2D eigenvalue weighted by atomic mass is 10.0. The standard InChI is InChI=1S/C23H31NO3/c1-18-10-12-20(13-11-18)23(19-7-3-2-4-8-19)27-17-22(26)15-24-14-6-5-9-21(24)16-25/h2-4,7-8,10-13,21-23,25-26H,5-6,9,14-17H2,1H3/t21-,22+,23-/m1/s1. The molecular weight excluding hydrogens is 338 g/mol. The number of β-amino-alcohol motifs (C(OH)–C–C–N with tert-alkyl or cyclic N) is 1. The third-order valence-electron chi connectivity index (χ3n) is 5.34. The van der Waals surface area contributed by atoms with Crippen LogP contribution in [0.25, 0.3) is 0 Å². The molecule has 2 N–H and O–H groups in total. The molecular formula is C23H31NO3. The summed E-state index contributed by atoms with van der Waals surface area (Å²) in [6, 6.07) is 18.6. The Labute approximate surface area is 162 Å². The summed E-state index contributed by atoms with van der Waals surface area (Å²) in [6.07, 6.45) is 2.50. The molecule has 0 radical (unpaired) electrons. The minimum atomic E-state index is -0.575. The van der Waals surface area contributed by atoms with Crippen LogP contribution >= 0.6 is 0 Å². The summed E-state index contributed by atoms with van der Waals surface area (Å²) in [6.45, 7) is 3.97. The predicted molar refractivity (Wildman–Crippen MR) is 108 cm³/mol. The number of ether oxygens (including phenoxy) is 1. The summed E-state index contributed by atoms with van der Waals surface area (Å²) in [4.78, 5) is 2.20. The summed E-state index contributed by atoms with van der Waals surface area (Å²) < 4.78 is 6.19. The molecule has 0 amide bonds. The molecule has 0 aromatic heterocycles. The first-order chi connectivity index (χ1) is 13.2. The Hall–Kier alpha value is -1.72. The van der Waals surface area contributed by atoms with Crippen molar-refractivity contribution in [2.24, 2.45) is 0 Å². The summed E-state index contributed by atoms with van der Waals surface area (Å²) >= 11 is 0. The van der Waals surface area contributed by atoms with Crippen LogP contribution < -0.4 is 0 Å². The fourth-order valence-corrected chi connectivity index (χ4v) is 3.79. The highest BCUT2D eigenvalue weighted by atomic mass is 16.5. The Kier molecular flexibility index (Phi) is 7.41. The van der Waals surface area contributed by atoms with Gasteiger partial charge in [0.1, 0.15) is 6.10 Å². The van der Waals surface area contributed by atoms with E-state index in [0.717, 1.165) is 36.9 Å². The zero-order chi connectivity index (χ0) is 19.1. The molecule has 146 valence electrons. The number of aliphatic hydroxyl groups excluding tert-OH is 2. The van der Waals surface area contributed by atoms with Crippen LogP contribution in [-0.2, 0) is 4.74 Å². The van der Waals surface area contributed by atoms with Gasteiger partial charge < -0.3 is 14.9 Å². The molecule has 0 saturated carbocycles. The van der Waals surface area contributed by atoms with E-state index < -0.39 is 6.10 Å². The second kappa shape index (κ2) is 10.00. The Morgan fingerprint density at radius 2 is 1.74 bits per heavy atom. The largest absolute Gasteiger partial charge is 0.395 e. The number of benzene rings is 2. The van der Waals surface area contributed by atoms with Crippen molar-refractivity contribution < 1.29 is 14.9 Å². The first-order valence-electron chi connectivity index (χ1n) is 9.93. The average molecular weight is 370 g/mol. The second-order valence-corrected chi connectivity index (χ2v) is 7.52. The maximum Gasteiger partial charge on any atom is 0.108 e. The molecule has 0 spiro atoms. The van der Waals surface area contributed by atoms with E-state index in [1.54, 1.807) is 0 Å². The van der Waals surface area contributed by atoms with Gasteiger partial charge in [-0.2, -0.15) is 0 Å². The molecule has 2 aromatic rings. The second-order valence-electron chi connectivity index (χ2n) is 7.52. The highest BCUT2D eigenvalue weighted by molar-refractivity contribution is 5.31. The summed E-state index contributed by atoms with van der Waals surface area (Å²) in [5, 5.41) is 20.1. The van der Waals surface area contributed by atoms with Gasteiger partial charge in [-0.05, 0) is 37.4 Å². The minimum Gasteiger partial charge on any atom is -0.395 e. The van der Waals surface area contributed by atoms with E-state index in [-0.39, 0.29) is 25.4 Å². The molecule has 3 atom stereocenters. The number of hydrogen-bond acceptors (Lipinski definition) is 4. The molecule has 1 fully saturated rings. The van der Waals surface area contributed by atoms with E-state index in [4.69, 9.17) is 4.74 Å². The zero-order valence-corrected chi connectivity index (χ0v) is 16.1. The average Bonchev–Trinajstić information content (AvgIpc) is 2.70. The number of likely N-dealkylation sites (tertiary alicyclic amines) is 1. The van der Waals surface area contributed by atoms with Crippen molar-refractivity contribution in [2.45, 2.75) is 44.4 Å². The van der Waals surface area contributed by atoms with Crippen LogP contribution in [0, 0.1) is 6.92 Å². The SMILES string of the molecule is Cc1ccc([C@H](OC[C@@H](O)CN2CCCC[C@@H]2CO)c2ccccc2)cc1. The van der Waals surface area contributed by atoms with Crippen molar-refractivity contribution in [1.82, 2.24) is 4.90 Å². The van der Waals surface area contributed by atoms with Crippen LogP contribution in [0.4, 0.5) is 0 Å². The molecule has 0 bridgehead atoms. The molecule has 1 aliphatic rings. The van der Waals surface area contributed by atoms with Crippen molar-refractivity contribution in [3.8, 4) is 0 Å². The smallest absolute Gasteiger partial charge is 0.108 e. The van der Waals surface area contributed by atoms with Gasteiger partial charge in [-0.25, -0.2) is 0 Å². The summed E-state index contributed by atoms with van der Waals surface area (Å²) in [7, 11) is 0. The Bertz CT molecular complexity index is 674. The van der Waals surface area contributed by atoms with Crippen molar-refractivity contribution in [3.05, 3.63) is 71.3 Å².